The van der Waals surface area contributed by atoms with E-state index in [1.165, 1.54) is 27.8 Å². The second-order valence-electron chi connectivity index (χ2n) is 10.9. The molecule has 6 rings (SSSR count). The Morgan fingerprint density at radius 2 is 1.34 bits per heavy atom. The van der Waals surface area contributed by atoms with Crippen LogP contribution in [0.1, 0.15) is 31.9 Å². The van der Waals surface area contributed by atoms with Crippen LogP contribution in [0.25, 0.3) is 55.8 Å². The van der Waals surface area contributed by atoms with Gasteiger partial charge in [-0.25, -0.2) is 0 Å². The third-order valence-electron chi connectivity index (χ3n) is 7.08. The van der Waals surface area contributed by atoms with Crippen molar-refractivity contribution in [1.29, 1.82) is 0 Å². The van der Waals surface area contributed by atoms with E-state index in [4.69, 9.17) is 4.42 Å². The number of furan rings is 1. The second-order valence-corrected chi connectivity index (χ2v) is 10.9. The molecule has 3 nitrogen and oxygen atoms in total. The van der Waals surface area contributed by atoms with Crippen molar-refractivity contribution < 1.29 is 4.42 Å². The molecule has 0 radical (unpaired) electrons. The van der Waals surface area contributed by atoms with Gasteiger partial charge in [-0.2, -0.15) is 0 Å². The SMILES string of the molecule is Cc1ccnc(-c2ccc(-c3ccc(C(C)(C)C)cc3)c(-c3ccc4oc(-c5ccncc5)cc4c3)c2)c1. The molecule has 0 fully saturated rings. The molecule has 3 heterocycles. The molecular formula is C35H30N2O. The Bertz CT molecular complexity index is 1740. The Hall–Kier alpha value is -4.50. The molecule has 0 aliphatic carbocycles. The molecule has 0 N–H and O–H groups in total. The zero-order chi connectivity index (χ0) is 26.3. The quantitative estimate of drug-likeness (QED) is 0.245. The van der Waals surface area contributed by atoms with Crippen molar-refractivity contribution in [3.05, 3.63) is 121 Å². The predicted octanol–water partition coefficient (Wildman–Crippen LogP) is 9.50. The summed E-state index contributed by atoms with van der Waals surface area (Å²) in [4.78, 5) is 8.78. The first-order valence-electron chi connectivity index (χ1n) is 13.0. The normalized spacial score (nSPS) is 11.7. The highest BCUT2D eigenvalue weighted by Crippen LogP contribution is 2.38. The summed E-state index contributed by atoms with van der Waals surface area (Å²) in [7, 11) is 0. The number of aromatic nitrogens is 2. The van der Waals surface area contributed by atoms with Gasteiger partial charge < -0.3 is 4.42 Å². The Morgan fingerprint density at radius 1 is 0.605 bits per heavy atom. The number of hydrogen-bond donors (Lipinski definition) is 0. The van der Waals surface area contributed by atoms with Crippen LogP contribution < -0.4 is 0 Å². The molecule has 3 aromatic carbocycles. The van der Waals surface area contributed by atoms with Crippen LogP contribution in [0.5, 0.6) is 0 Å². The van der Waals surface area contributed by atoms with E-state index in [-0.39, 0.29) is 5.41 Å². The average Bonchev–Trinajstić information content (AvgIpc) is 3.36. The smallest absolute Gasteiger partial charge is 0.135 e. The van der Waals surface area contributed by atoms with Crippen molar-refractivity contribution in [2.24, 2.45) is 0 Å². The molecule has 0 unspecified atom stereocenters. The van der Waals surface area contributed by atoms with Crippen molar-refractivity contribution >= 4 is 11.0 Å². The van der Waals surface area contributed by atoms with E-state index < -0.39 is 0 Å². The Labute approximate surface area is 223 Å². The van der Waals surface area contributed by atoms with E-state index >= 15 is 0 Å². The van der Waals surface area contributed by atoms with Crippen LogP contribution in [0.2, 0.25) is 0 Å². The molecular weight excluding hydrogens is 464 g/mol. The number of benzene rings is 3. The minimum Gasteiger partial charge on any atom is -0.456 e. The number of rotatable bonds is 4. The van der Waals surface area contributed by atoms with Crippen LogP contribution >= 0.6 is 0 Å². The van der Waals surface area contributed by atoms with Crippen LogP contribution in [0.3, 0.4) is 0 Å². The van der Waals surface area contributed by atoms with Crippen LogP contribution in [0.4, 0.5) is 0 Å². The highest BCUT2D eigenvalue weighted by molar-refractivity contribution is 5.92. The summed E-state index contributed by atoms with van der Waals surface area (Å²) in [6.45, 7) is 8.84. The topological polar surface area (TPSA) is 38.9 Å². The number of fused-ring (bicyclic) bond motifs is 1. The summed E-state index contributed by atoms with van der Waals surface area (Å²) in [5, 5.41) is 1.07. The van der Waals surface area contributed by atoms with Gasteiger partial charge in [-0.1, -0.05) is 63.2 Å². The van der Waals surface area contributed by atoms with Crippen molar-refractivity contribution in [3.8, 4) is 44.8 Å². The number of hydrogen-bond acceptors (Lipinski definition) is 3. The van der Waals surface area contributed by atoms with Crippen molar-refractivity contribution in [1.82, 2.24) is 9.97 Å². The van der Waals surface area contributed by atoms with E-state index in [2.05, 4.69) is 110 Å². The second kappa shape index (κ2) is 9.42. The van der Waals surface area contributed by atoms with Gasteiger partial charge in [0.05, 0.1) is 5.69 Å². The molecule has 0 aliphatic rings. The monoisotopic (exact) mass is 494 g/mol. The lowest BCUT2D eigenvalue weighted by atomic mass is 9.85. The van der Waals surface area contributed by atoms with Gasteiger partial charge in [-0.3, -0.25) is 9.97 Å². The maximum Gasteiger partial charge on any atom is 0.135 e. The van der Waals surface area contributed by atoms with Crippen molar-refractivity contribution in [2.75, 3.05) is 0 Å². The minimum absolute atomic E-state index is 0.112. The van der Waals surface area contributed by atoms with Gasteiger partial charge >= 0.3 is 0 Å². The lowest BCUT2D eigenvalue weighted by molar-refractivity contribution is 0.590. The standard InChI is InChI=1S/C35H30N2O/c1-23-13-18-37-32(19-23)27-7-11-30(24-5-9-29(10-6-24)35(2,3)4)31(21-27)26-8-12-33-28(20-26)22-34(38-33)25-14-16-36-17-15-25/h5-22H,1-4H3. The zero-order valence-electron chi connectivity index (χ0n) is 22.2. The highest BCUT2D eigenvalue weighted by Gasteiger charge is 2.16. The first-order chi connectivity index (χ1) is 18.3. The maximum absolute atomic E-state index is 6.17. The fraction of sp³-hybridized carbons (Fsp3) is 0.143. The molecule has 6 aromatic rings. The van der Waals surface area contributed by atoms with Crippen LogP contribution in [-0.2, 0) is 5.41 Å². The molecule has 0 bridgehead atoms. The number of aryl methyl sites for hydroxylation is 1. The van der Waals surface area contributed by atoms with Gasteiger partial charge in [0.25, 0.3) is 0 Å². The lowest BCUT2D eigenvalue weighted by Gasteiger charge is -2.20. The van der Waals surface area contributed by atoms with Crippen molar-refractivity contribution in [2.45, 2.75) is 33.1 Å². The van der Waals surface area contributed by atoms with Crippen molar-refractivity contribution in [3.63, 3.8) is 0 Å². The fourth-order valence-electron chi connectivity index (χ4n) is 4.91. The van der Waals surface area contributed by atoms with E-state index in [9.17, 15) is 0 Å². The first kappa shape index (κ1) is 23.9. The molecule has 0 atom stereocenters. The van der Waals surface area contributed by atoms with Gasteiger partial charge in [0.15, 0.2) is 0 Å². The summed E-state index contributed by atoms with van der Waals surface area (Å²) < 4.78 is 6.17. The zero-order valence-corrected chi connectivity index (χ0v) is 22.2. The molecule has 0 saturated carbocycles. The molecule has 0 saturated heterocycles. The third-order valence-corrected chi connectivity index (χ3v) is 7.08. The van der Waals surface area contributed by atoms with Crippen LogP contribution in [-0.4, -0.2) is 9.97 Å². The van der Waals surface area contributed by atoms with Gasteiger partial charge in [0.2, 0.25) is 0 Å². The molecule has 186 valence electrons. The van der Waals surface area contributed by atoms with Gasteiger partial charge in [0, 0.05) is 35.1 Å². The molecule has 3 aromatic heterocycles. The van der Waals surface area contributed by atoms with Crippen LogP contribution in [0, 0.1) is 6.92 Å². The summed E-state index contributed by atoms with van der Waals surface area (Å²) >= 11 is 0. The Kier molecular flexibility index (Phi) is 5.92. The summed E-state index contributed by atoms with van der Waals surface area (Å²) in [6.07, 6.45) is 5.45. The third kappa shape index (κ3) is 4.64. The first-order valence-corrected chi connectivity index (χ1v) is 13.0. The fourth-order valence-corrected chi connectivity index (χ4v) is 4.91. The van der Waals surface area contributed by atoms with Gasteiger partial charge in [-0.15, -0.1) is 0 Å². The number of nitrogens with zero attached hydrogens (tertiary/aromatic N) is 2. The van der Waals surface area contributed by atoms with Gasteiger partial charge in [-0.05, 0) is 94.3 Å². The molecule has 0 amide bonds. The Morgan fingerprint density at radius 3 is 2.08 bits per heavy atom. The highest BCUT2D eigenvalue weighted by atomic mass is 16.3. The largest absolute Gasteiger partial charge is 0.456 e. The predicted molar refractivity (Wildman–Crippen MR) is 157 cm³/mol. The molecule has 3 heteroatoms. The minimum atomic E-state index is 0.112. The molecule has 0 aliphatic heterocycles. The summed E-state index contributed by atoms with van der Waals surface area (Å²) in [6, 6.07) is 32.3. The Balaban J connectivity index is 1.50. The van der Waals surface area contributed by atoms with E-state index in [0.29, 0.717) is 0 Å². The summed E-state index contributed by atoms with van der Waals surface area (Å²) in [5.74, 6) is 0.843. The van der Waals surface area contributed by atoms with E-state index in [1.807, 2.05) is 24.4 Å². The van der Waals surface area contributed by atoms with E-state index in [0.717, 1.165) is 39.1 Å². The summed E-state index contributed by atoms with van der Waals surface area (Å²) in [5.41, 5.74) is 11.3. The lowest BCUT2D eigenvalue weighted by Crippen LogP contribution is -2.10. The average molecular weight is 495 g/mol. The number of pyridine rings is 2. The molecule has 38 heavy (non-hydrogen) atoms. The van der Waals surface area contributed by atoms with Crippen LogP contribution in [0.15, 0.2) is 114 Å². The van der Waals surface area contributed by atoms with Gasteiger partial charge in [0.1, 0.15) is 11.3 Å². The van der Waals surface area contributed by atoms with E-state index in [1.54, 1.807) is 12.4 Å². The maximum atomic E-state index is 6.17. The molecule has 0 spiro atoms.